The highest BCUT2D eigenvalue weighted by Crippen LogP contribution is 2.35. The second kappa shape index (κ2) is 6.33. The topological polar surface area (TPSA) is 50.8 Å². The smallest absolute Gasteiger partial charge is 0.255 e. The summed E-state index contributed by atoms with van der Waals surface area (Å²) in [6.45, 7) is 2.68. The zero-order valence-corrected chi connectivity index (χ0v) is 10.5. The Morgan fingerprint density at radius 1 is 1.35 bits per heavy atom. The van der Waals surface area contributed by atoms with E-state index in [9.17, 15) is 4.79 Å². The van der Waals surface area contributed by atoms with E-state index in [1.54, 1.807) is 12.1 Å². The summed E-state index contributed by atoms with van der Waals surface area (Å²) in [6.07, 6.45) is 4.51. The molecule has 0 aromatic rings. The fraction of sp³-hybridized carbons (Fsp3) is 0.917. The molecule has 1 saturated carbocycles. The van der Waals surface area contributed by atoms with Gasteiger partial charge in [0.25, 0.3) is 5.91 Å². The minimum Gasteiger partial charge on any atom is -0.382 e. The zero-order valence-electron chi connectivity index (χ0n) is 10.5. The lowest BCUT2D eigenvalue weighted by atomic mass is 10.1. The Morgan fingerprint density at radius 2 is 2.18 bits per heavy atom. The molecule has 0 aromatic carbocycles. The number of amides is 1. The summed E-state index contributed by atoms with van der Waals surface area (Å²) in [6, 6.07) is 0.0944. The summed E-state index contributed by atoms with van der Waals surface area (Å²) in [7, 11) is 1.66. The molecule has 1 unspecified atom stereocenters. The summed E-state index contributed by atoms with van der Waals surface area (Å²) in [5.74, 6) is 1.06. The molecule has 0 aromatic heterocycles. The van der Waals surface area contributed by atoms with E-state index in [0.717, 1.165) is 25.3 Å². The third-order valence-corrected chi connectivity index (χ3v) is 3.24. The summed E-state index contributed by atoms with van der Waals surface area (Å²) >= 11 is 0. The minimum absolute atomic E-state index is 0.0944. The van der Waals surface area contributed by atoms with Crippen molar-refractivity contribution in [3.8, 4) is 0 Å². The molecule has 2 aliphatic rings. The van der Waals surface area contributed by atoms with Crippen molar-refractivity contribution in [1.82, 2.24) is 10.4 Å². The highest BCUT2D eigenvalue weighted by Gasteiger charge is 2.39. The number of methoxy groups -OCH3 is 1. The molecule has 2 rings (SSSR count). The molecule has 1 saturated heterocycles. The zero-order chi connectivity index (χ0) is 12.1. The van der Waals surface area contributed by atoms with Crippen LogP contribution in [0.2, 0.25) is 0 Å². The first kappa shape index (κ1) is 12.8. The molecule has 1 heterocycles. The number of carbonyl (C=O) groups is 1. The standard InChI is InChI=1S/C12H22N2O3/c1-16-7-8-17-6-2-5-14-12(15)11(13-14)9-10-3-4-10/h10-11,13H,2-9H2,1H3. The minimum atomic E-state index is 0.0944. The van der Waals surface area contributed by atoms with Gasteiger partial charge >= 0.3 is 0 Å². The van der Waals surface area contributed by atoms with E-state index in [1.807, 2.05) is 0 Å². The number of hydrazine groups is 1. The van der Waals surface area contributed by atoms with Gasteiger partial charge in [0.2, 0.25) is 0 Å². The Bertz CT molecular complexity index is 256. The van der Waals surface area contributed by atoms with Crippen molar-refractivity contribution in [3.63, 3.8) is 0 Å². The van der Waals surface area contributed by atoms with Gasteiger partial charge in [0, 0.05) is 20.3 Å². The molecule has 1 amide bonds. The van der Waals surface area contributed by atoms with Crippen LogP contribution in [0.5, 0.6) is 0 Å². The fourth-order valence-electron chi connectivity index (χ4n) is 2.01. The Labute approximate surface area is 102 Å². The highest BCUT2D eigenvalue weighted by atomic mass is 16.5. The first-order valence-corrected chi connectivity index (χ1v) is 6.45. The van der Waals surface area contributed by atoms with Gasteiger partial charge in [-0.1, -0.05) is 12.8 Å². The second-order valence-corrected chi connectivity index (χ2v) is 4.81. The predicted octanol–water partition coefficient (Wildman–Crippen LogP) is 0.555. The van der Waals surface area contributed by atoms with Crippen LogP contribution in [-0.4, -0.2) is 50.4 Å². The SMILES string of the molecule is COCCOCCCN1NC(CC2CC2)C1=O. The molecule has 0 bridgehead atoms. The van der Waals surface area contributed by atoms with Gasteiger partial charge in [-0.05, 0) is 18.8 Å². The quantitative estimate of drug-likeness (QED) is 0.600. The van der Waals surface area contributed by atoms with E-state index in [0.29, 0.717) is 19.8 Å². The molecule has 0 radical (unpaired) electrons. The van der Waals surface area contributed by atoms with Gasteiger partial charge in [0.05, 0.1) is 13.2 Å². The Hall–Kier alpha value is -0.650. The molecule has 1 atom stereocenters. The van der Waals surface area contributed by atoms with Crippen molar-refractivity contribution in [3.05, 3.63) is 0 Å². The van der Waals surface area contributed by atoms with Crippen LogP contribution in [0.1, 0.15) is 25.7 Å². The van der Waals surface area contributed by atoms with Crippen LogP contribution in [0.15, 0.2) is 0 Å². The van der Waals surface area contributed by atoms with E-state index in [1.165, 1.54) is 12.8 Å². The maximum absolute atomic E-state index is 11.7. The third-order valence-electron chi connectivity index (χ3n) is 3.24. The van der Waals surface area contributed by atoms with Gasteiger partial charge in [-0.15, -0.1) is 0 Å². The van der Waals surface area contributed by atoms with Crippen LogP contribution in [0, 0.1) is 5.92 Å². The first-order chi connectivity index (χ1) is 8.31. The number of nitrogens with one attached hydrogen (secondary N) is 1. The summed E-state index contributed by atoms with van der Waals surface area (Å²) in [4.78, 5) is 11.7. The average molecular weight is 242 g/mol. The lowest BCUT2D eigenvalue weighted by molar-refractivity contribution is -0.153. The number of carbonyl (C=O) groups excluding carboxylic acids is 1. The molecule has 2 fully saturated rings. The summed E-state index contributed by atoms with van der Waals surface area (Å²) < 4.78 is 10.2. The molecule has 17 heavy (non-hydrogen) atoms. The molecule has 5 heteroatoms. The van der Waals surface area contributed by atoms with Crippen LogP contribution in [0.4, 0.5) is 0 Å². The normalized spacial score (nSPS) is 23.9. The Morgan fingerprint density at radius 3 is 2.82 bits per heavy atom. The van der Waals surface area contributed by atoms with Gasteiger partial charge in [0.15, 0.2) is 0 Å². The van der Waals surface area contributed by atoms with Crippen LogP contribution >= 0.6 is 0 Å². The molecule has 98 valence electrons. The molecule has 5 nitrogen and oxygen atoms in total. The van der Waals surface area contributed by atoms with Gasteiger partial charge in [-0.3, -0.25) is 9.80 Å². The molecular formula is C12H22N2O3. The largest absolute Gasteiger partial charge is 0.382 e. The molecule has 1 aliphatic heterocycles. The average Bonchev–Trinajstić information content (AvgIpc) is 3.14. The lowest BCUT2D eigenvalue weighted by Gasteiger charge is -2.39. The maximum atomic E-state index is 11.7. The second-order valence-electron chi connectivity index (χ2n) is 4.81. The van der Waals surface area contributed by atoms with Gasteiger partial charge < -0.3 is 9.47 Å². The number of hydrogen-bond acceptors (Lipinski definition) is 4. The number of nitrogens with zero attached hydrogens (tertiary/aromatic N) is 1. The van der Waals surface area contributed by atoms with E-state index >= 15 is 0 Å². The van der Waals surface area contributed by atoms with Gasteiger partial charge in [-0.25, -0.2) is 5.43 Å². The Kier molecular flexibility index (Phi) is 4.76. The fourth-order valence-corrected chi connectivity index (χ4v) is 2.01. The summed E-state index contributed by atoms with van der Waals surface area (Å²) in [5.41, 5.74) is 3.21. The number of ether oxygens (including phenoxy) is 2. The van der Waals surface area contributed by atoms with Crippen LogP contribution in [0.25, 0.3) is 0 Å². The molecule has 1 aliphatic carbocycles. The van der Waals surface area contributed by atoms with E-state index < -0.39 is 0 Å². The van der Waals surface area contributed by atoms with Crippen molar-refractivity contribution in [1.29, 1.82) is 0 Å². The lowest BCUT2D eigenvalue weighted by Crippen LogP contribution is -2.66. The number of hydrogen-bond donors (Lipinski definition) is 1. The van der Waals surface area contributed by atoms with Crippen molar-refractivity contribution in [2.45, 2.75) is 31.7 Å². The predicted molar refractivity (Wildman–Crippen MR) is 63.3 cm³/mol. The van der Waals surface area contributed by atoms with Crippen LogP contribution in [0.3, 0.4) is 0 Å². The van der Waals surface area contributed by atoms with Crippen molar-refractivity contribution >= 4 is 5.91 Å². The first-order valence-electron chi connectivity index (χ1n) is 6.45. The molecule has 0 spiro atoms. The van der Waals surface area contributed by atoms with E-state index in [-0.39, 0.29) is 11.9 Å². The van der Waals surface area contributed by atoms with E-state index in [4.69, 9.17) is 9.47 Å². The van der Waals surface area contributed by atoms with Crippen LogP contribution in [-0.2, 0) is 14.3 Å². The number of rotatable bonds is 9. The van der Waals surface area contributed by atoms with Gasteiger partial charge in [-0.2, -0.15) is 0 Å². The third kappa shape index (κ3) is 3.94. The van der Waals surface area contributed by atoms with Crippen molar-refractivity contribution < 1.29 is 14.3 Å². The molecular weight excluding hydrogens is 220 g/mol. The van der Waals surface area contributed by atoms with Crippen molar-refractivity contribution in [2.75, 3.05) is 33.5 Å². The highest BCUT2D eigenvalue weighted by molar-refractivity contribution is 5.86. The van der Waals surface area contributed by atoms with E-state index in [2.05, 4.69) is 5.43 Å². The van der Waals surface area contributed by atoms with Crippen molar-refractivity contribution in [2.24, 2.45) is 5.92 Å². The van der Waals surface area contributed by atoms with Gasteiger partial charge in [0.1, 0.15) is 6.04 Å². The monoisotopic (exact) mass is 242 g/mol. The Balaban J connectivity index is 1.46. The van der Waals surface area contributed by atoms with Crippen LogP contribution < -0.4 is 5.43 Å². The molecule has 1 N–H and O–H groups in total. The summed E-state index contributed by atoms with van der Waals surface area (Å²) in [5, 5.41) is 1.72. The maximum Gasteiger partial charge on any atom is 0.255 e.